The largest absolute Gasteiger partial charge is 0.373 e. The summed E-state index contributed by atoms with van der Waals surface area (Å²) in [5.74, 6) is -0.564. The Kier molecular flexibility index (Phi) is 4.05. The van der Waals surface area contributed by atoms with Crippen molar-refractivity contribution >= 4 is 27.3 Å². The number of benzene rings is 1. The topological polar surface area (TPSA) is 81.2 Å². The Bertz CT molecular complexity index is 451. The van der Waals surface area contributed by atoms with Gasteiger partial charge in [0.15, 0.2) is 0 Å². The predicted molar refractivity (Wildman–Crippen MR) is 67.5 cm³/mol. The van der Waals surface area contributed by atoms with Gasteiger partial charge in [-0.3, -0.25) is 10.1 Å². The van der Waals surface area contributed by atoms with Crippen molar-refractivity contribution in [3.8, 4) is 0 Å². The van der Waals surface area contributed by atoms with Crippen LogP contribution in [-0.4, -0.2) is 17.0 Å². The molecule has 0 aliphatic carbocycles. The van der Waals surface area contributed by atoms with Crippen LogP contribution in [0.3, 0.4) is 0 Å². The molecule has 0 atom stereocenters. The Hall–Kier alpha value is -1.21. The zero-order valence-corrected chi connectivity index (χ0v) is 11.0. The molecule has 3 N–H and O–H groups in total. The van der Waals surface area contributed by atoms with Crippen LogP contribution in [-0.2, 0) is 0 Å². The number of nitro benzene ring substituents is 1. The van der Waals surface area contributed by atoms with Crippen LogP contribution in [0.15, 0.2) is 16.6 Å². The summed E-state index contributed by atoms with van der Waals surface area (Å²) in [6, 6.07) is 2.21. The fourth-order valence-corrected chi connectivity index (χ4v) is 1.53. The van der Waals surface area contributed by atoms with E-state index in [-0.39, 0.29) is 22.4 Å². The van der Waals surface area contributed by atoms with Gasteiger partial charge in [0.25, 0.3) is 5.69 Å². The van der Waals surface area contributed by atoms with E-state index in [1.54, 1.807) is 13.8 Å². The lowest BCUT2D eigenvalue weighted by Crippen LogP contribution is -2.39. The Morgan fingerprint density at radius 2 is 2.18 bits per heavy atom. The van der Waals surface area contributed by atoms with Crippen LogP contribution in [0, 0.1) is 15.9 Å². The third-order valence-electron chi connectivity index (χ3n) is 2.22. The highest BCUT2D eigenvalue weighted by Crippen LogP contribution is 2.32. The van der Waals surface area contributed by atoms with E-state index in [0.29, 0.717) is 0 Å². The van der Waals surface area contributed by atoms with Gasteiger partial charge in [-0.2, -0.15) is 0 Å². The molecule has 0 radical (unpaired) electrons. The van der Waals surface area contributed by atoms with Gasteiger partial charge in [-0.15, -0.1) is 0 Å². The molecule has 1 aromatic carbocycles. The standard InChI is InChI=1S/C10H13BrFN3O2/c1-10(2,5-13)14-8-4-7(12)6(11)3-9(8)15(16)17/h3-4,14H,5,13H2,1-2H3. The third-order valence-corrected chi connectivity index (χ3v) is 2.83. The molecule has 7 heteroatoms. The lowest BCUT2D eigenvalue weighted by Gasteiger charge is -2.25. The van der Waals surface area contributed by atoms with Gasteiger partial charge in [-0.05, 0) is 29.8 Å². The third kappa shape index (κ3) is 3.37. The molecule has 1 aromatic rings. The molecule has 1 rings (SSSR count). The van der Waals surface area contributed by atoms with E-state index in [0.717, 1.165) is 12.1 Å². The highest BCUT2D eigenvalue weighted by Gasteiger charge is 2.23. The molecule has 0 saturated carbocycles. The summed E-state index contributed by atoms with van der Waals surface area (Å²) in [5.41, 5.74) is 4.88. The summed E-state index contributed by atoms with van der Waals surface area (Å²) in [6.07, 6.45) is 0. The number of hydrogen-bond acceptors (Lipinski definition) is 4. The minimum atomic E-state index is -0.570. The maximum Gasteiger partial charge on any atom is 0.293 e. The molecule has 17 heavy (non-hydrogen) atoms. The van der Waals surface area contributed by atoms with E-state index >= 15 is 0 Å². The Morgan fingerprint density at radius 1 is 1.59 bits per heavy atom. The van der Waals surface area contributed by atoms with E-state index in [2.05, 4.69) is 21.2 Å². The van der Waals surface area contributed by atoms with Crippen molar-refractivity contribution in [2.24, 2.45) is 5.73 Å². The summed E-state index contributed by atoms with van der Waals surface area (Å²) in [7, 11) is 0. The van der Waals surface area contributed by atoms with Gasteiger partial charge in [-0.25, -0.2) is 4.39 Å². The normalized spacial score (nSPS) is 11.4. The second kappa shape index (κ2) is 4.97. The van der Waals surface area contributed by atoms with Crippen molar-refractivity contribution in [2.75, 3.05) is 11.9 Å². The van der Waals surface area contributed by atoms with Crippen LogP contribution in [0.25, 0.3) is 0 Å². The molecule has 0 aliphatic rings. The number of anilines is 1. The minimum Gasteiger partial charge on any atom is -0.373 e. The van der Waals surface area contributed by atoms with Crippen LogP contribution in [0.4, 0.5) is 15.8 Å². The second-order valence-electron chi connectivity index (χ2n) is 4.25. The van der Waals surface area contributed by atoms with Crippen LogP contribution < -0.4 is 11.1 Å². The number of halogens is 2. The van der Waals surface area contributed by atoms with Gasteiger partial charge in [-0.1, -0.05) is 0 Å². The summed E-state index contributed by atoms with van der Waals surface area (Å²) in [6.45, 7) is 3.81. The molecule has 0 fully saturated rings. The Balaban J connectivity index is 3.22. The number of hydrogen-bond donors (Lipinski definition) is 2. The number of rotatable bonds is 4. The van der Waals surface area contributed by atoms with Gasteiger partial charge in [0.2, 0.25) is 0 Å². The monoisotopic (exact) mass is 305 g/mol. The van der Waals surface area contributed by atoms with Crippen molar-refractivity contribution in [1.82, 2.24) is 0 Å². The van der Waals surface area contributed by atoms with Crippen LogP contribution in [0.5, 0.6) is 0 Å². The fourth-order valence-electron chi connectivity index (χ4n) is 1.20. The molecule has 0 aliphatic heterocycles. The van der Waals surface area contributed by atoms with Crippen molar-refractivity contribution in [3.05, 3.63) is 32.5 Å². The van der Waals surface area contributed by atoms with E-state index in [9.17, 15) is 14.5 Å². The smallest absolute Gasteiger partial charge is 0.293 e. The van der Waals surface area contributed by atoms with Crippen LogP contribution in [0.2, 0.25) is 0 Å². The average Bonchev–Trinajstić information content (AvgIpc) is 2.22. The van der Waals surface area contributed by atoms with Crippen LogP contribution >= 0.6 is 15.9 Å². The first-order valence-electron chi connectivity index (χ1n) is 4.88. The van der Waals surface area contributed by atoms with Gasteiger partial charge >= 0.3 is 0 Å². The van der Waals surface area contributed by atoms with Gasteiger partial charge in [0, 0.05) is 24.2 Å². The fraction of sp³-hybridized carbons (Fsp3) is 0.400. The average molecular weight is 306 g/mol. The molecular weight excluding hydrogens is 293 g/mol. The van der Waals surface area contributed by atoms with Crippen LogP contribution in [0.1, 0.15) is 13.8 Å². The molecule has 94 valence electrons. The maximum absolute atomic E-state index is 13.4. The number of nitrogens with one attached hydrogen (secondary N) is 1. The number of nitrogens with two attached hydrogens (primary N) is 1. The van der Waals surface area contributed by atoms with E-state index in [1.165, 1.54) is 0 Å². The zero-order chi connectivity index (χ0) is 13.2. The van der Waals surface area contributed by atoms with E-state index in [1.807, 2.05) is 0 Å². The van der Waals surface area contributed by atoms with Gasteiger partial charge in [0.05, 0.1) is 9.40 Å². The van der Waals surface area contributed by atoms with Crippen molar-refractivity contribution in [3.63, 3.8) is 0 Å². The SMILES string of the molecule is CC(C)(CN)Nc1cc(F)c(Br)cc1[N+](=O)[O-]. The van der Waals surface area contributed by atoms with Crippen molar-refractivity contribution < 1.29 is 9.31 Å². The molecule has 0 saturated heterocycles. The second-order valence-corrected chi connectivity index (χ2v) is 5.11. The predicted octanol–water partition coefficient (Wildman–Crippen LogP) is 2.65. The summed E-state index contributed by atoms with van der Waals surface area (Å²) < 4.78 is 13.4. The molecule has 0 amide bonds. The van der Waals surface area contributed by atoms with Crippen molar-refractivity contribution in [1.29, 1.82) is 0 Å². The molecule has 0 heterocycles. The summed E-state index contributed by atoms with van der Waals surface area (Å²) in [5, 5.41) is 13.7. The quantitative estimate of drug-likeness (QED) is 0.662. The lowest BCUT2D eigenvalue weighted by atomic mass is 10.1. The molecule has 0 unspecified atom stereocenters. The first kappa shape index (κ1) is 13.9. The molecular formula is C10H13BrFN3O2. The molecule has 0 bridgehead atoms. The Morgan fingerprint density at radius 3 is 2.65 bits per heavy atom. The maximum atomic E-state index is 13.4. The van der Waals surface area contributed by atoms with E-state index in [4.69, 9.17) is 5.73 Å². The minimum absolute atomic E-state index is 0.0558. The van der Waals surface area contributed by atoms with Crippen molar-refractivity contribution in [2.45, 2.75) is 19.4 Å². The summed E-state index contributed by atoms with van der Waals surface area (Å²) in [4.78, 5) is 10.3. The Labute approximate surface area is 106 Å². The number of nitro groups is 1. The lowest BCUT2D eigenvalue weighted by molar-refractivity contribution is -0.384. The van der Waals surface area contributed by atoms with Gasteiger partial charge < -0.3 is 11.1 Å². The zero-order valence-electron chi connectivity index (χ0n) is 9.46. The van der Waals surface area contributed by atoms with E-state index < -0.39 is 16.3 Å². The van der Waals surface area contributed by atoms with Gasteiger partial charge in [0.1, 0.15) is 11.5 Å². The molecule has 0 spiro atoms. The molecule has 0 aromatic heterocycles. The first-order valence-corrected chi connectivity index (χ1v) is 5.68. The highest BCUT2D eigenvalue weighted by atomic mass is 79.9. The number of nitrogens with zero attached hydrogens (tertiary/aromatic N) is 1. The first-order chi connectivity index (χ1) is 7.76. The summed E-state index contributed by atoms with van der Waals surface area (Å²) >= 11 is 2.91. The highest BCUT2D eigenvalue weighted by molar-refractivity contribution is 9.10. The molecule has 5 nitrogen and oxygen atoms in total.